The van der Waals surface area contributed by atoms with Crippen molar-refractivity contribution in [3.8, 4) is 0 Å². The lowest BCUT2D eigenvalue weighted by molar-refractivity contribution is 0.172. The van der Waals surface area contributed by atoms with Gasteiger partial charge in [-0.15, -0.1) is 0 Å². The van der Waals surface area contributed by atoms with E-state index in [0.29, 0.717) is 6.10 Å². The molecule has 1 heterocycles. The van der Waals surface area contributed by atoms with Crippen LogP contribution in [0.1, 0.15) is 45.6 Å². The molecule has 0 radical (unpaired) electrons. The van der Waals surface area contributed by atoms with Crippen LogP contribution in [-0.4, -0.2) is 19.0 Å². The van der Waals surface area contributed by atoms with Gasteiger partial charge in [0.15, 0.2) is 8.32 Å². The van der Waals surface area contributed by atoms with E-state index in [-0.39, 0.29) is 5.04 Å². The molecule has 1 aromatic carbocycles. The first kappa shape index (κ1) is 17.5. The summed E-state index contributed by atoms with van der Waals surface area (Å²) in [4.78, 5) is 0. The molecule has 0 spiro atoms. The largest absolute Gasteiger partial charge is 0.414 e. The zero-order chi connectivity index (χ0) is 17.5. The molecule has 0 amide bonds. The first-order valence-corrected chi connectivity index (χ1v) is 12.0. The zero-order valence-electron chi connectivity index (χ0n) is 16.0. The number of allylic oxidation sites excluding steroid dienone is 1. The topological polar surface area (TPSA) is 14.2 Å². The number of hydrogen-bond acceptors (Lipinski definition) is 1. The fraction of sp³-hybridized carbons (Fsp3) is 0.524. The fourth-order valence-electron chi connectivity index (χ4n) is 3.23. The van der Waals surface area contributed by atoms with Gasteiger partial charge in [-0.25, -0.2) is 0 Å². The third-order valence-corrected chi connectivity index (χ3v) is 10.4. The van der Waals surface area contributed by atoms with E-state index >= 15 is 0 Å². The van der Waals surface area contributed by atoms with Gasteiger partial charge in [0, 0.05) is 24.9 Å². The first-order valence-electron chi connectivity index (χ1n) is 9.10. The maximum atomic E-state index is 6.59. The molecule has 3 heteroatoms. The number of aryl methyl sites for hydroxylation is 1. The van der Waals surface area contributed by atoms with Crippen LogP contribution in [0.25, 0.3) is 16.5 Å². The highest BCUT2D eigenvalue weighted by Crippen LogP contribution is 2.39. The maximum Gasteiger partial charge on any atom is 0.192 e. The Morgan fingerprint density at radius 1 is 1.17 bits per heavy atom. The van der Waals surface area contributed by atoms with Crippen LogP contribution >= 0.6 is 0 Å². The number of fused-ring (bicyclic) bond motifs is 1. The van der Waals surface area contributed by atoms with E-state index in [1.54, 1.807) is 0 Å². The van der Waals surface area contributed by atoms with Gasteiger partial charge in [-0.2, -0.15) is 0 Å². The molecule has 3 rings (SSSR count). The summed E-state index contributed by atoms with van der Waals surface area (Å²) in [6.45, 7) is 11.7. The van der Waals surface area contributed by atoms with Crippen molar-refractivity contribution < 1.29 is 4.43 Å². The van der Waals surface area contributed by atoms with Crippen LogP contribution in [0.2, 0.25) is 18.1 Å². The molecular formula is C21H31NOSi. The molecule has 0 saturated carbocycles. The summed E-state index contributed by atoms with van der Waals surface area (Å²) in [7, 11) is 0.455. The number of benzene rings is 1. The zero-order valence-corrected chi connectivity index (χ0v) is 17.0. The van der Waals surface area contributed by atoms with Gasteiger partial charge < -0.3 is 8.99 Å². The van der Waals surface area contributed by atoms with Gasteiger partial charge in [0.2, 0.25) is 0 Å². The number of hydrogen-bond donors (Lipinski definition) is 0. The van der Waals surface area contributed by atoms with Crippen LogP contribution in [-0.2, 0) is 11.5 Å². The van der Waals surface area contributed by atoms with E-state index in [2.05, 4.69) is 82.0 Å². The quantitative estimate of drug-likeness (QED) is 0.612. The Morgan fingerprint density at radius 2 is 1.92 bits per heavy atom. The Balaban J connectivity index is 1.74. The van der Waals surface area contributed by atoms with Gasteiger partial charge in [0.1, 0.15) is 0 Å². The predicted octanol–water partition coefficient (Wildman–Crippen LogP) is 6.14. The molecule has 1 unspecified atom stereocenters. The average Bonchev–Trinajstić information content (AvgIpc) is 2.87. The van der Waals surface area contributed by atoms with E-state index < -0.39 is 8.32 Å². The minimum atomic E-state index is -1.66. The predicted molar refractivity (Wildman–Crippen MR) is 107 cm³/mol. The molecular weight excluding hydrogens is 310 g/mol. The highest BCUT2D eigenvalue weighted by Gasteiger charge is 2.39. The molecule has 0 N–H and O–H groups in total. The van der Waals surface area contributed by atoms with Crippen LogP contribution in [0.5, 0.6) is 0 Å². The first-order chi connectivity index (χ1) is 11.2. The molecule has 2 nitrogen and oxygen atoms in total. The Morgan fingerprint density at radius 3 is 2.54 bits per heavy atom. The van der Waals surface area contributed by atoms with Crippen molar-refractivity contribution in [3.05, 3.63) is 42.1 Å². The molecule has 1 aliphatic carbocycles. The summed E-state index contributed by atoms with van der Waals surface area (Å²) in [6, 6.07) is 9.01. The number of rotatable bonds is 3. The molecule has 1 atom stereocenters. The lowest BCUT2D eigenvalue weighted by atomic mass is 9.92. The van der Waals surface area contributed by atoms with Crippen molar-refractivity contribution >= 4 is 24.8 Å². The Kier molecular flexibility index (Phi) is 4.52. The molecule has 1 aliphatic rings. The minimum absolute atomic E-state index is 0.286. The second kappa shape index (κ2) is 6.20. The molecule has 0 aliphatic heterocycles. The van der Waals surface area contributed by atoms with Gasteiger partial charge in [0.05, 0.1) is 0 Å². The van der Waals surface area contributed by atoms with Crippen LogP contribution in [0.15, 0.2) is 36.5 Å². The van der Waals surface area contributed by atoms with E-state index in [0.717, 1.165) is 19.3 Å². The summed E-state index contributed by atoms with van der Waals surface area (Å²) < 4.78 is 8.79. The number of nitrogens with zero attached hydrogens (tertiary/aromatic N) is 1. The molecule has 2 aromatic rings. The van der Waals surface area contributed by atoms with Gasteiger partial charge in [-0.3, -0.25) is 0 Å². The monoisotopic (exact) mass is 341 g/mol. The fourth-order valence-corrected chi connectivity index (χ4v) is 4.64. The van der Waals surface area contributed by atoms with Gasteiger partial charge in [-0.05, 0) is 66.1 Å². The van der Waals surface area contributed by atoms with Crippen molar-refractivity contribution in [2.75, 3.05) is 0 Å². The molecule has 130 valence electrons. The summed E-state index contributed by atoms with van der Waals surface area (Å²) in [6.07, 6.45) is 8.25. The van der Waals surface area contributed by atoms with Gasteiger partial charge in [-0.1, -0.05) is 39.0 Å². The molecule has 0 saturated heterocycles. The second-order valence-electron chi connectivity index (χ2n) is 8.70. The maximum absolute atomic E-state index is 6.59. The standard InChI is InChI=1S/C21H31NOSi/c1-21(2,3)24(5,6)23-19-11-9-16(10-12-19)18-8-7-17-13-14-22(4)20(17)15-18/h7-9,13-15,19H,10-12H2,1-6H3. The second-order valence-corrected chi connectivity index (χ2v) is 13.5. The van der Waals surface area contributed by atoms with Gasteiger partial charge >= 0.3 is 0 Å². The third-order valence-electron chi connectivity index (χ3n) is 5.89. The van der Waals surface area contributed by atoms with Crippen LogP contribution in [0.3, 0.4) is 0 Å². The van der Waals surface area contributed by atoms with Crippen molar-refractivity contribution in [2.45, 2.75) is 64.3 Å². The Bertz CT molecular complexity index is 764. The van der Waals surface area contributed by atoms with Gasteiger partial charge in [0.25, 0.3) is 0 Å². The summed E-state index contributed by atoms with van der Waals surface area (Å²) in [5.41, 5.74) is 4.16. The van der Waals surface area contributed by atoms with E-state index in [9.17, 15) is 0 Å². The molecule has 1 aromatic heterocycles. The minimum Gasteiger partial charge on any atom is -0.414 e. The lowest BCUT2D eigenvalue weighted by Gasteiger charge is -2.40. The van der Waals surface area contributed by atoms with Crippen LogP contribution < -0.4 is 0 Å². The smallest absolute Gasteiger partial charge is 0.192 e. The molecule has 0 bridgehead atoms. The van der Waals surface area contributed by atoms with E-state index in [4.69, 9.17) is 4.43 Å². The van der Waals surface area contributed by atoms with E-state index in [1.807, 2.05) is 0 Å². The highest BCUT2D eigenvalue weighted by molar-refractivity contribution is 6.74. The summed E-state index contributed by atoms with van der Waals surface area (Å²) in [5, 5.41) is 1.60. The summed E-state index contributed by atoms with van der Waals surface area (Å²) >= 11 is 0. The number of aromatic nitrogens is 1. The Labute approximate surface area is 147 Å². The van der Waals surface area contributed by atoms with Crippen molar-refractivity contribution in [3.63, 3.8) is 0 Å². The van der Waals surface area contributed by atoms with Crippen LogP contribution in [0.4, 0.5) is 0 Å². The van der Waals surface area contributed by atoms with Crippen molar-refractivity contribution in [2.24, 2.45) is 7.05 Å². The normalized spacial score (nSPS) is 19.6. The average molecular weight is 342 g/mol. The SMILES string of the molecule is Cn1ccc2ccc(C3=CCC(O[Si](C)(C)C(C)(C)C)CC3)cc21. The molecule has 24 heavy (non-hydrogen) atoms. The van der Waals surface area contributed by atoms with E-state index in [1.165, 1.54) is 22.0 Å². The Hall–Kier alpha value is -1.32. The third kappa shape index (κ3) is 3.38. The lowest BCUT2D eigenvalue weighted by Crippen LogP contribution is -2.44. The summed E-state index contributed by atoms with van der Waals surface area (Å²) in [5.74, 6) is 0. The highest BCUT2D eigenvalue weighted by atomic mass is 28.4. The van der Waals surface area contributed by atoms with Crippen molar-refractivity contribution in [1.29, 1.82) is 0 Å². The van der Waals surface area contributed by atoms with Crippen molar-refractivity contribution in [1.82, 2.24) is 4.57 Å². The van der Waals surface area contributed by atoms with Crippen LogP contribution in [0, 0.1) is 0 Å². The molecule has 0 fully saturated rings.